The fourth-order valence-corrected chi connectivity index (χ4v) is 4.18. The van der Waals surface area contributed by atoms with Crippen molar-refractivity contribution in [3.05, 3.63) is 75.9 Å². The number of hydrogen-bond acceptors (Lipinski definition) is 1. The molecule has 0 aliphatic heterocycles. The molecule has 2 aromatic carbocycles. The van der Waals surface area contributed by atoms with Crippen LogP contribution in [0.1, 0.15) is 65.5 Å². The van der Waals surface area contributed by atoms with E-state index in [2.05, 4.69) is 78.8 Å². The van der Waals surface area contributed by atoms with Crippen molar-refractivity contribution in [3.8, 4) is 16.9 Å². The van der Waals surface area contributed by atoms with Crippen molar-refractivity contribution in [1.82, 2.24) is 0 Å². The Morgan fingerprint density at radius 1 is 0.731 bits per heavy atom. The minimum absolute atomic E-state index is 0.0960. The Hall–Kier alpha value is -2.28. The molecule has 1 aliphatic rings. The van der Waals surface area contributed by atoms with Gasteiger partial charge in [-0.1, -0.05) is 74.4 Å². The van der Waals surface area contributed by atoms with Crippen LogP contribution in [-0.2, 0) is 5.41 Å². The zero-order chi connectivity index (χ0) is 19.2. The number of phenols is 1. The summed E-state index contributed by atoms with van der Waals surface area (Å²) in [6.07, 6.45) is 0. The molecule has 0 fully saturated rings. The van der Waals surface area contributed by atoms with Gasteiger partial charge in [0.2, 0.25) is 0 Å². The third-order valence-electron chi connectivity index (χ3n) is 6.02. The van der Waals surface area contributed by atoms with Gasteiger partial charge in [0.15, 0.2) is 0 Å². The van der Waals surface area contributed by atoms with E-state index in [0.717, 1.165) is 16.7 Å². The van der Waals surface area contributed by atoms with E-state index in [1.807, 2.05) is 12.1 Å². The summed E-state index contributed by atoms with van der Waals surface area (Å²) in [5.41, 5.74) is 9.85. The Labute approximate surface area is 158 Å². The number of aromatic hydroxyl groups is 1. The van der Waals surface area contributed by atoms with E-state index < -0.39 is 0 Å². The molecule has 0 radical (unpaired) electrons. The van der Waals surface area contributed by atoms with Crippen LogP contribution in [0.15, 0.2) is 64.8 Å². The minimum atomic E-state index is -0.0960. The van der Waals surface area contributed by atoms with Crippen molar-refractivity contribution in [2.75, 3.05) is 0 Å². The van der Waals surface area contributed by atoms with Gasteiger partial charge in [-0.15, -0.1) is 0 Å². The highest BCUT2D eigenvalue weighted by Crippen LogP contribution is 2.48. The lowest BCUT2D eigenvalue weighted by Gasteiger charge is -2.24. The number of phenolic OH excluding ortho intramolecular Hbond substituents is 1. The summed E-state index contributed by atoms with van der Waals surface area (Å²) in [7, 11) is 0. The summed E-state index contributed by atoms with van der Waals surface area (Å²) in [6.45, 7) is 15.3. The third-order valence-corrected chi connectivity index (χ3v) is 6.02. The summed E-state index contributed by atoms with van der Waals surface area (Å²) < 4.78 is 0. The van der Waals surface area contributed by atoms with Gasteiger partial charge in [-0.25, -0.2) is 0 Å². The van der Waals surface area contributed by atoms with Gasteiger partial charge in [0.25, 0.3) is 0 Å². The van der Waals surface area contributed by atoms with Crippen LogP contribution in [0.4, 0.5) is 0 Å². The van der Waals surface area contributed by atoms with E-state index >= 15 is 0 Å². The third kappa shape index (κ3) is 2.90. The maximum atomic E-state index is 11.1. The molecule has 1 heteroatoms. The quantitative estimate of drug-likeness (QED) is 0.613. The Morgan fingerprint density at radius 3 is 1.85 bits per heavy atom. The Balaban J connectivity index is 2.23. The molecule has 2 aromatic rings. The maximum absolute atomic E-state index is 11.1. The molecular formula is C25H30O. The molecule has 0 heterocycles. The first kappa shape index (κ1) is 18.5. The molecule has 136 valence electrons. The van der Waals surface area contributed by atoms with E-state index in [9.17, 15) is 5.11 Å². The van der Waals surface area contributed by atoms with Crippen LogP contribution in [-0.4, -0.2) is 5.11 Å². The van der Waals surface area contributed by atoms with Crippen LogP contribution >= 0.6 is 0 Å². The van der Waals surface area contributed by atoms with Crippen LogP contribution in [0, 0.1) is 0 Å². The zero-order valence-corrected chi connectivity index (χ0v) is 17.1. The molecule has 0 saturated carbocycles. The van der Waals surface area contributed by atoms with Crippen molar-refractivity contribution >= 4 is 0 Å². The number of benzene rings is 2. The van der Waals surface area contributed by atoms with Crippen molar-refractivity contribution in [2.45, 2.75) is 59.8 Å². The molecule has 0 aromatic heterocycles. The monoisotopic (exact) mass is 346 g/mol. The molecule has 1 aliphatic carbocycles. The zero-order valence-electron chi connectivity index (χ0n) is 17.1. The summed E-state index contributed by atoms with van der Waals surface area (Å²) in [5, 5.41) is 11.1. The van der Waals surface area contributed by atoms with Crippen molar-refractivity contribution < 1.29 is 5.11 Å². The van der Waals surface area contributed by atoms with Crippen molar-refractivity contribution in [1.29, 1.82) is 0 Å². The smallest absolute Gasteiger partial charge is 0.127 e. The molecule has 1 N–H and O–H groups in total. The van der Waals surface area contributed by atoms with Gasteiger partial charge in [0.1, 0.15) is 5.75 Å². The highest BCUT2D eigenvalue weighted by molar-refractivity contribution is 5.77. The van der Waals surface area contributed by atoms with Gasteiger partial charge in [0, 0.05) is 11.5 Å². The molecular weight excluding hydrogens is 316 g/mol. The number of hydrogen-bond donors (Lipinski definition) is 1. The first-order valence-electron chi connectivity index (χ1n) is 9.41. The summed E-state index contributed by atoms with van der Waals surface area (Å²) >= 11 is 0. The average molecular weight is 347 g/mol. The van der Waals surface area contributed by atoms with E-state index in [4.69, 9.17) is 0 Å². The summed E-state index contributed by atoms with van der Waals surface area (Å²) in [6, 6.07) is 14.6. The van der Waals surface area contributed by atoms with Crippen molar-refractivity contribution in [3.63, 3.8) is 0 Å². The van der Waals surface area contributed by atoms with Gasteiger partial charge in [0.05, 0.1) is 0 Å². The first-order valence-corrected chi connectivity index (χ1v) is 9.41. The Kier molecular flexibility index (Phi) is 4.60. The van der Waals surface area contributed by atoms with Crippen LogP contribution in [0.5, 0.6) is 5.75 Å². The van der Waals surface area contributed by atoms with Crippen LogP contribution in [0.2, 0.25) is 0 Å². The predicted octanol–water partition coefficient (Wildman–Crippen LogP) is 7.13. The van der Waals surface area contributed by atoms with E-state index in [1.54, 1.807) is 0 Å². The lowest BCUT2D eigenvalue weighted by Crippen LogP contribution is -2.11. The average Bonchev–Trinajstić information content (AvgIpc) is 2.78. The topological polar surface area (TPSA) is 20.2 Å². The van der Waals surface area contributed by atoms with E-state index in [1.165, 1.54) is 27.9 Å². The molecule has 0 saturated heterocycles. The summed E-state index contributed by atoms with van der Waals surface area (Å²) in [4.78, 5) is 0. The largest absolute Gasteiger partial charge is 0.507 e. The van der Waals surface area contributed by atoms with E-state index in [0.29, 0.717) is 11.7 Å². The number of allylic oxidation sites excluding steroid dienone is 4. The summed E-state index contributed by atoms with van der Waals surface area (Å²) in [5.74, 6) is 0.700. The molecule has 0 unspecified atom stereocenters. The molecule has 0 spiro atoms. The second kappa shape index (κ2) is 6.46. The van der Waals surface area contributed by atoms with Gasteiger partial charge < -0.3 is 5.11 Å². The minimum Gasteiger partial charge on any atom is -0.507 e. The number of rotatable bonds is 2. The fraction of sp³-hybridized carbons (Fsp3) is 0.360. The number of para-hydroxylation sites is 1. The normalized spacial score (nSPS) is 16.0. The SMILES string of the molecule is CC1=C(C)C(c2ccccc2-c2cccc(C(C)(C)C)c2O)C(C)=C1C. The highest BCUT2D eigenvalue weighted by Gasteiger charge is 2.29. The van der Waals surface area contributed by atoms with Crippen LogP contribution < -0.4 is 0 Å². The molecule has 3 rings (SSSR count). The molecule has 0 atom stereocenters. The standard InChI is InChI=1S/C25H30O/c1-15-16(2)18(4)23(17(15)3)20-12-9-8-11-19(20)21-13-10-14-22(24(21)26)25(5,6)7/h8-14,23,26H,1-7H3. The van der Waals surface area contributed by atoms with Crippen molar-refractivity contribution in [2.24, 2.45) is 0 Å². The van der Waals surface area contributed by atoms with Crippen LogP contribution in [0.25, 0.3) is 11.1 Å². The fourth-order valence-electron chi connectivity index (χ4n) is 4.18. The van der Waals surface area contributed by atoms with E-state index in [-0.39, 0.29) is 5.41 Å². The lowest BCUT2D eigenvalue weighted by molar-refractivity contribution is 0.448. The molecule has 26 heavy (non-hydrogen) atoms. The van der Waals surface area contributed by atoms with Gasteiger partial charge >= 0.3 is 0 Å². The molecule has 0 bridgehead atoms. The van der Waals surface area contributed by atoms with Gasteiger partial charge in [-0.05, 0) is 60.9 Å². The Bertz CT molecular complexity index is 895. The maximum Gasteiger partial charge on any atom is 0.127 e. The van der Waals surface area contributed by atoms with Crippen LogP contribution in [0.3, 0.4) is 0 Å². The molecule has 0 amide bonds. The molecule has 1 nitrogen and oxygen atoms in total. The van der Waals surface area contributed by atoms with Gasteiger partial charge in [-0.3, -0.25) is 0 Å². The second-order valence-corrected chi connectivity index (χ2v) is 8.59. The second-order valence-electron chi connectivity index (χ2n) is 8.59. The highest BCUT2D eigenvalue weighted by atomic mass is 16.3. The Morgan fingerprint density at radius 2 is 1.27 bits per heavy atom. The first-order chi connectivity index (χ1) is 12.1. The lowest BCUT2D eigenvalue weighted by atomic mass is 9.81. The predicted molar refractivity (Wildman–Crippen MR) is 112 cm³/mol. The van der Waals surface area contributed by atoms with Gasteiger partial charge in [-0.2, -0.15) is 0 Å².